The van der Waals surface area contributed by atoms with Gasteiger partial charge in [-0.15, -0.1) is 0 Å². The fourth-order valence-electron chi connectivity index (χ4n) is 2.63. The molecule has 0 saturated carbocycles. The zero-order valence-electron chi connectivity index (χ0n) is 17.7. The van der Waals surface area contributed by atoms with Crippen LogP contribution in [0.4, 0.5) is 0 Å². The predicted octanol–water partition coefficient (Wildman–Crippen LogP) is 3.22. The summed E-state index contributed by atoms with van der Waals surface area (Å²) in [7, 11) is 1.71. The third-order valence-corrected chi connectivity index (χ3v) is 4.21. The average molecular weight is 389 g/mol. The lowest BCUT2D eigenvalue weighted by Crippen LogP contribution is -2.44. The Labute approximate surface area is 166 Å². The number of fused-ring (bicyclic) bond motifs is 1. The van der Waals surface area contributed by atoms with Crippen molar-refractivity contribution in [2.45, 2.75) is 40.7 Å². The molecule has 7 nitrogen and oxygen atoms in total. The number of ether oxygens (including phenoxy) is 1. The Kier molecular flexibility index (Phi) is 7.31. The summed E-state index contributed by atoms with van der Waals surface area (Å²) in [5.74, 6) is 2.21. The van der Waals surface area contributed by atoms with Crippen molar-refractivity contribution in [1.82, 2.24) is 16.0 Å². The zero-order valence-corrected chi connectivity index (χ0v) is 17.7. The van der Waals surface area contributed by atoms with Crippen molar-refractivity contribution in [3.05, 3.63) is 30.0 Å². The van der Waals surface area contributed by atoms with Crippen molar-refractivity contribution in [3.63, 3.8) is 0 Å². The highest BCUT2D eigenvalue weighted by atomic mass is 16.5. The molecule has 0 fully saturated rings. The lowest BCUT2D eigenvalue weighted by Gasteiger charge is -2.19. The minimum Gasteiger partial charge on any atom is -0.490 e. The molecule has 3 N–H and O–H groups in total. The normalized spacial score (nSPS) is 13.3. The number of hydrogen-bond donors (Lipinski definition) is 3. The maximum Gasteiger partial charge on any atom is 0.225 e. The molecule has 0 bridgehead atoms. The molecule has 1 heterocycles. The molecular weight excluding hydrogens is 356 g/mol. The number of nitrogens with one attached hydrogen (secondary N) is 3. The van der Waals surface area contributed by atoms with Crippen LogP contribution in [-0.2, 0) is 4.79 Å². The number of furan rings is 1. The van der Waals surface area contributed by atoms with Gasteiger partial charge in [-0.1, -0.05) is 32.9 Å². The van der Waals surface area contributed by atoms with E-state index in [4.69, 9.17) is 9.15 Å². The van der Waals surface area contributed by atoms with Crippen LogP contribution in [0.1, 0.15) is 46.4 Å². The second-order valence-electron chi connectivity index (χ2n) is 7.63. The molecular formula is C21H32N4O3. The van der Waals surface area contributed by atoms with Gasteiger partial charge in [0.05, 0.1) is 12.6 Å². The van der Waals surface area contributed by atoms with E-state index < -0.39 is 5.41 Å². The zero-order chi connectivity index (χ0) is 20.7. The Balaban J connectivity index is 1.93. The van der Waals surface area contributed by atoms with Gasteiger partial charge in [0.15, 0.2) is 17.3 Å². The van der Waals surface area contributed by atoms with Crippen LogP contribution in [0.3, 0.4) is 0 Å². The Bertz CT molecular complexity index is 821. The molecule has 154 valence electrons. The number of carbonyl (C=O) groups excluding carboxylic acids is 1. The molecule has 1 aromatic carbocycles. The highest BCUT2D eigenvalue weighted by molar-refractivity contribution is 5.84. The van der Waals surface area contributed by atoms with E-state index in [1.54, 1.807) is 7.05 Å². The second kappa shape index (κ2) is 9.48. The van der Waals surface area contributed by atoms with Crippen molar-refractivity contribution in [3.8, 4) is 5.75 Å². The van der Waals surface area contributed by atoms with E-state index in [0.29, 0.717) is 25.7 Å². The first-order valence-corrected chi connectivity index (χ1v) is 9.67. The largest absolute Gasteiger partial charge is 0.490 e. The van der Waals surface area contributed by atoms with Crippen molar-refractivity contribution >= 4 is 22.8 Å². The van der Waals surface area contributed by atoms with Gasteiger partial charge in [0, 0.05) is 30.9 Å². The summed E-state index contributed by atoms with van der Waals surface area (Å²) in [5, 5.41) is 10.4. The van der Waals surface area contributed by atoms with Crippen LogP contribution in [0.15, 0.2) is 33.7 Å². The first-order valence-electron chi connectivity index (χ1n) is 9.67. The first kappa shape index (κ1) is 21.6. The molecule has 0 spiro atoms. The number of rotatable bonds is 7. The van der Waals surface area contributed by atoms with Crippen molar-refractivity contribution in [2.24, 2.45) is 10.4 Å². The third-order valence-electron chi connectivity index (χ3n) is 4.21. The van der Waals surface area contributed by atoms with Gasteiger partial charge in [-0.3, -0.25) is 9.79 Å². The van der Waals surface area contributed by atoms with Crippen LogP contribution >= 0.6 is 0 Å². The maximum absolute atomic E-state index is 11.9. The van der Waals surface area contributed by atoms with Crippen LogP contribution < -0.4 is 20.7 Å². The minimum atomic E-state index is -0.393. The van der Waals surface area contributed by atoms with Crippen molar-refractivity contribution in [1.29, 1.82) is 0 Å². The Morgan fingerprint density at radius 2 is 1.96 bits per heavy atom. The summed E-state index contributed by atoms with van der Waals surface area (Å²) in [6, 6.07) is 7.78. The number of aliphatic imine (C=N–C) groups is 1. The summed E-state index contributed by atoms with van der Waals surface area (Å²) in [5.41, 5.74) is 0.358. The van der Waals surface area contributed by atoms with E-state index in [1.165, 1.54) is 0 Å². The van der Waals surface area contributed by atoms with Gasteiger partial charge in [-0.2, -0.15) is 0 Å². The number of benzene rings is 1. The van der Waals surface area contributed by atoms with Gasteiger partial charge >= 0.3 is 0 Å². The molecule has 2 rings (SSSR count). The summed E-state index contributed by atoms with van der Waals surface area (Å²) >= 11 is 0. The van der Waals surface area contributed by atoms with Crippen LogP contribution in [0, 0.1) is 5.41 Å². The van der Waals surface area contributed by atoms with Crippen LogP contribution in [0.2, 0.25) is 0 Å². The first-order chi connectivity index (χ1) is 13.3. The Morgan fingerprint density at radius 1 is 1.25 bits per heavy atom. The molecule has 0 radical (unpaired) electrons. The molecule has 0 aliphatic rings. The predicted molar refractivity (Wildman–Crippen MR) is 113 cm³/mol. The Hall–Kier alpha value is -2.70. The molecule has 0 aliphatic heterocycles. The van der Waals surface area contributed by atoms with E-state index in [2.05, 4.69) is 20.9 Å². The number of hydrogen-bond acceptors (Lipinski definition) is 4. The van der Waals surface area contributed by atoms with Gasteiger partial charge in [0.1, 0.15) is 5.76 Å². The van der Waals surface area contributed by atoms with Gasteiger partial charge in [-0.25, -0.2) is 0 Å². The molecule has 0 saturated heterocycles. The summed E-state index contributed by atoms with van der Waals surface area (Å²) in [6.45, 7) is 11.3. The second-order valence-corrected chi connectivity index (χ2v) is 7.63. The van der Waals surface area contributed by atoms with Gasteiger partial charge in [0.25, 0.3) is 0 Å². The van der Waals surface area contributed by atoms with E-state index in [-0.39, 0.29) is 11.9 Å². The average Bonchev–Trinajstić information content (AvgIpc) is 3.08. The summed E-state index contributed by atoms with van der Waals surface area (Å²) in [6.07, 6.45) is 0. The summed E-state index contributed by atoms with van der Waals surface area (Å²) < 4.78 is 11.7. The van der Waals surface area contributed by atoms with Crippen LogP contribution in [0.25, 0.3) is 11.0 Å². The topological polar surface area (TPSA) is 87.9 Å². The van der Waals surface area contributed by atoms with Crippen molar-refractivity contribution in [2.75, 3.05) is 26.7 Å². The lowest BCUT2D eigenvalue weighted by atomic mass is 9.96. The van der Waals surface area contributed by atoms with Crippen LogP contribution in [0.5, 0.6) is 5.75 Å². The van der Waals surface area contributed by atoms with E-state index >= 15 is 0 Å². The van der Waals surface area contributed by atoms with E-state index in [9.17, 15) is 4.79 Å². The highest BCUT2D eigenvalue weighted by Gasteiger charge is 2.20. The SMILES string of the molecule is CCOc1cccc2cc(C(C)NC(=NC)NCCNC(=O)C(C)(C)C)oc12. The number of carbonyl (C=O) groups is 1. The molecule has 7 heteroatoms. The molecule has 1 atom stereocenters. The highest BCUT2D eigenvalue weighted by Crippen LogP contribution is 2.31. The van der Waals surface area contributed by atoms with E-state index in [1.807, 2.05) is 58.9 Å². The van der Waals surface area contributed by atoms with Gasteiger partial charge in [0.2, 0.25) is 5.91 Å². The third kappa shape index (κ3) is 5.65. The number of amides is 1. The molecule has 1 aromatic heterocycles. The summed E-state index contributed by atoms with van der Waals surface area (Å²) in [4.78, 5) is 16.1. The lowest BCUT2D eigenvalue weighted by molar-refractivity contribution is -0.128. The van der Waals surface area contributed by atoms with Crippen LogP contribution in [-0.4, -0.2) is 38.6 Å². The maximum atomic E-state index is 11.9. The fraction of sp³-hybridized carbons (Fsp3) is 0.524. The minimum absolute atomic E-state index is 0.0259. The van der Waals surface area contributed by atoms with Crippen molar-refractivity contribution < 1.29 is 13.9 Å². The molecule has 1 unspecified atom stereocenters. The Morgan fingerprint density at radius 3 is 2.61 bits per heavy atom. The monoisotopic (exact) mass is 388 g/mol. The molecule has 1 amide bonds. The smallest absolute Gasteiger partial charge is 0.225 e. The molecule has 2 aromatic rings. The standard InChI is InChI=1S/C21H32N4O3/c1-7-27-16-10-8-9-15-13-17(28-18(15)16)14(2)25-20(22-6)24-12-11-23-19(26)21(3,4)5/h8-10,13-14H,7,11-12H2,1-6H3,(H,23,26)(H2,22,24,25). The number of para-hydroxylation sites is 1. The molecule has 0 aliphatic carbocycles. The number of nitrogens with zero attached hydrogens (tertiary/aromatic N) is 1. The van der Waals surface area contributed by atoms with E-state index in [0.717, 1.165) is 22.5 Å². The molecule has 28 heavy (non-hydrogen) atoms. The quantitative estimate of drug-likeness (QED) is 0.385. The van der Waals surface area contributed by atoms with Gasteiger partial charge < -0.3 is 25.1 Å². The van der Waals surface area contributed by atoms with Gasteiger partial charge in [-0.05, 0) is 26.0 Å². The number of guanidine groups is 1. The fourth-order valence-corrected chi connectivity index (χ4v) is 2.63.